The van der Waals surface area contributed by atoms with Crippen LogP contribution in [0.3, 0.4) is 0 Å². The van der Waals surface area contributed by atoms with Gasteiger partial charge in [0.25, 0.3) is 0 Å². The number of nitrogens with one attached hydrogen (secondary N) is 1. The van der Waals surface area contributed by atoms with Crippen molar-refractivity contribution in [3.8, 4) is 0 Å². The van der Waals surface area contributed by atoms with Crippen LogP contribution in [0.5, 0.6) is 0 Å². The molecular weight excluding hydrogens is 208 g/mol. The van der Waals surface area contributed by atoms with Crippen LogP contribution in [0.2, 0.25) is 0 Å². The molecule has 2 N–H and O–H groups in total. The van der Waals surface area contributed by atoms with Crippen LogP contribution >= 0.6 is 0 Å². The van der Waals surface area contributed by atoms with Gasteiger partial charge in [-0.25, -0.2) is 0 Å². The van der Waals surface area contributed by atoms with Crippen molar-refractivity contribution in [1.82, 2.24) is 10.2 Å². The molecule has 5 heteroatoms. The Labute approximate surface area is 95.8 Å². The Kier molecular flexibility index (Phi) is 5.25. The fourth-order valence-electron chi connectivity index (χ4n) is 2.00. The molecule has 1 unspecified atom stereocenters. The molecule has 1 atom stereocenters. The maximum absolute atomic E-state index is 11.7. The molecule has 0 radical (unpaired) electrons. The van der Waals surface area contributed by atoms with Gasteiger partial charge in [0.1, 0.15) is 0 Å². The summed E-state index contributed by atoms with van der Waals surface area (Å²) in [4.78, 5) is 24.1. The van der Waals surface area contributed by atoms with Gasteiger partial charge in [-0.05, 0) is 25.8 Å². The first-order chi connectivity index (χ1) is 7.63. The highest BCUT2D eigenvalue weighted by atomic mass is 16.4. The van der Waals surface area contributed by atoms with Crippen molar-refractivity contribution in [3.63, 3.8) is 0 Å². The third kappa shape index (κ3) is 4.18. The van der Waals surface area contributed by atoms with Crippen molar-refractivity contribution >= 4 is 11.9 Å². The zero-order valence-corrected chi connectivity index (χ0v) is 9.74. The van der Waals surface area contributed by atoms with E-state index in [4.69, 9.17) is 5.11 Å². The van der Waals surface area contributed by atoms with Gasteiger partial charge in [0.2, 0.25) is 5.91 Å². The molecule has 1 rings (SSSR count). The molecule has 0 aromatic rings. The summed E-state index contributed by atoms with van der Waals surface area (Å²) in [6.07, 6.45) is 2.69. The third-order valence-corrected chi connectivity index (χ3v) is 2.78. The number of carbonyl (C=O) groups excluding carboxylic acids is 1. The van der Waals surface area contributed by atoms with Gasteiger partial charge in [-0.3, -0.25) is 14.5 Å². The van der Waals surface area contributed by atoms with Crippen LogP contribution in [0.25, 0.3) is 0 Å². The molecule has 1 aliphatic rings. The summed E-state index contributed by atoms with van der Waals surface area (Å²) in [5, 5.41) is 11.6. The average Bonchev–Trinajstić information content (AvgIpc) is 2.25. The molecule has 0 aliphatic carbocycles. The van der Waals surface area contributed by atoms with Crippen LogP contribution in [0, 0.1) is 5.92 Å². The van der Waals surface area contributed by atoms with Crippen LogP contribution in [0.15, 0.2) is 0 Å². The predicted octanol–water partition coefficient (Wildman–Crippen LogP) is 0.309. The third-order valence-electron chi connectivity index (χ3n) is 2.78. The minimum atomic E-state index is -0.824. The van der Waals surface area contributed by atoms with Gasteiger partial charge in [-0.1, -0.05) is 6.92 Å². The quantitative estimate of drug-likeness (QED) is 0.710. The van der Waals surface area contributed by atoms with Crippen LogP contribution in [0.4, 0.5) is 0 Å². The van der Waals surface area contributed by atoms with Crippen molar-refractivity contribution in [2.75, 3.05) is 26.2 Å². The fourth-order valence-corrected chi connectivity index (χ4v) is 2.00. The number of carbonyl (C=O) groups is 2. The Morgan fingerprint density at radius 1 is 1.50 bits per heavy atom. The van der Waals surface area contributed by atoms with Crippen molar-refractivity contribution in [2.24, 2.45) is 5.92 Å². The smallest absolute Gasteiger partial charge is 0.317 e. The second kappa shape index (κ2) is 6.48. The van der Waals surface area contributed by atoms with E-state index < -0.39 is 5.97 Å². The van der Waals surface area contributed by atoms with Crippen LogP contribution in [-0.4, -0.2) is 48.1 Å². The first kappa shape index (κ1) is 13.0. The number of aliphatic carboxylic acids is 1. The largest absolute Gasteiger partial charge is 0.480 e. The number of piperidine rings is 1. The number of amides is 1. The normalized spacial score (nSPS) is 21.7. The zero-order valence-electron chi connectivity index (χ0n) is 9.74. The molecule has 1 heterocycles. The Bertz CT molecular complexity index is 256. The molecule has 92 valence electrons. The molecule has 16 heavy (non-hydrogen) atoms. The maximum atomic E-state index is 11.7. The number of carboxylic acid groups (broad SMARTS) is 1. The van der Waals surface area contributed by atoms with Gasteiger partial charge in [-0.15, -0.1) is 0 Å². The van der Waals surface area contributed by atoms with Crippen molar-refractivity contribution in [3.05, 3.63) is 0 Å². The second-order valence-corrected chi connectivity index (χ2v) is 4.26. The topological polar surface area (TPSA) is 69.6 Å². The van der Waals surface area contributed by atoms with Gasteiger partial charge in [0.05, 0.1) is 12.5 Å². The summed E-state index contributed by atoms with van der Waals surface area (Å²) in [6, 6.07) is 0. The lowest BCUT2D eigenvalue weighted by atomic mass is 9.97. The monoisotopic (exact) mass is 228 g/mol. The summed E-state index contributed by atoms with van der Waals surface area (Å²) in [7, 11) is 0. The second-order valence-electron chi connectivity index (χ2n) is 4.26. The van der Waals surface area contributed by atoms with E-state index in [1.807, 2.05) is 11.8 Å². The highest BCUT2D eigenvalue weighted by Gasteiger charge is 2.26. The first-order valence-corrected chi connectivity index (χ1v) is 5.85. The molecule has 0 bridgehead atoms. The maximum Gasteiger partial charge on any atom is 0.317 e. The number of likely N-dealkylation sites (tertiary alicyclic amines) is 1. The predicted molar refractivity (Wildman–Crippen MR) is 60.1 cm³/mol. The minimum Gasteiger partial charge on any atom is -0.480 e. The molecule has 1 aliphatic heterocycles. The number of rotatable bonds is 5. The Hall–Kier alpha value is -1.10. The van der Waals surface area contributed by atoms with Gasteiger partial charge in [-0.2, -0.15) is 0 Å². The molecule has 1 amide bonds. The lowest BCUT2D eigenvalue weighted by Gasteiger charge is -2.30. The summed E-state index contributed by atoms with van der Waals surface area (Å²) in [5.41, 5.74) is 0. The fraction of sp³-hybridized carbons (Fsp3) is 0.818. The van der Waals surface area contributed by atoms with Crippen LogP contribution in [-0.2, 0) is 9.59 Å². The molecule has 1 saturated heterocycles. The van der Waals surface area contributed by atoms with E-state index in [9.17, 15) is 9.59 Å². The molecule has 1 fully saturated rings. The van der Waals surface area contributed by atoms with Gasteiger partial charge < -0.3 is 10.4 Å². The molecule has 0 spiro atoms. The number of carboxylic acids is 1. The zero-order chi connectivity index (χ0) is 12.0. The summed E-state index contributed by atoms with van der Waals surface area (Å²) in [5.74, 6) is -0.800. The molecule has 0 aromatic heterocycles. The first-order valence-electron chi connectivity index (χ1n) is 5.85. The molecule has 5 nitrogen and oxygen atoms in total. The van der Waals surface area contributed by atoms with Gasteiger partial charge >= 0.3 is 5.97 Å². The van der Waals surface area contributed by atoms with E-state index in [0.717, 1.165) is 25.8 Å². The lowest BCUT2D eigenvalue weighted by Crippen LogP contribution is -2.44. The van der Waals surface area contributed by atoms with Crippen molar-refractivity contribution in [1.29, 1.82) is 0 Å². The van der Waals surface area contributed by atoms with Crippen LogP contribution < -0.4 is 5.32 Å². The SMILES string of the molecule is CCCNC(=O)C1CCCN(CC(=O)O)C1. The number of nitrogens with zero attached hydrogens (tertiary/aromatic N) is 1. The summed E-state index contributed by atoms with van der Waals surface area (Å²) >= 11 is 0. The van der Waals surface area contributed by atoms with E-state index in [2.05, 4.69) is 5.32 Å². The summed E-state index contributed by atoms with van der Waals surface area (Å²) in [6.45, 7) is 4.11. The highest BCUT2D eigenvalue weighted by molar-refractivity contribution is 5.79. The Morgan fingerprint density at radius 2 is 2.25 bits per heavy atom. The number of hydrogen-bond donors (Lipinski definition) is 2. The number of hydrogen-bond acceptors (Lipinski definition) is 3. The highest BCUT2D eigenvalue weighted by Crippen LogP contribution is 2.16. The van der Waals surface area contributed by atoms with E-state index >= 15 is 0 Å². The van der Waals surface area contributed by atoms with Gasteiger partial charge in [0, 0.05) is 13.1 Å². The van der Waals surface area contributed by atoms with E-state index in [1.165, 1.54) is 0 Å². The average molecular weight is 228 g/mol. The summed E-state index contributed by atoms with van der Waals surface area (Å²) < 4.78 is 0. The standard InChI is InChI=1S/C11H20N2O3/c1-2-5-12-11(16)9-4-3-6-13(7-9)8-10(14)15/h9H,2-8H2,1H3,(H,12,16)(H,14,15). The Morgan fingerprint density at radius 3 is 2.88 bits per heavy atom. The Balaban J connectivity index is 2.37. The molecular formula is C11H20N2O3. The van der Waals surface area contributed by atoms with Crippen molar-refractivity contribution < 1.29 is 14.7 Å². The molecule has 0 saturated carbocycles. The van der Waals surface area contributed by atoms with Crippen LogP contribution in [0.1, 0.15) is 26.2 Å². The van der Waals surface area contributed by atoms with E-state index in [-0.39, 0.29) is 18.4 Å². The van der Waals surface area contributed by atoms with Gasteiger partial charge in [0.15, 0.2) is 0 Å². The molecule has 0 aromatic carbocycles. The van der Waals surface area contributed by atoms with E-state index in [1.54, 1.807) is 0 Å². The van der Waals surface area contributed by atoms with E-state index in [0.29, 0.717) is 13.1 Å². The van der Waals surface area contributed by atoms with Crippen molar-refractivity contribution in [2.45, 2.75) is 26.2 Å². The minimum absolute atomic E-state index is 0.0392. The lowest BCUT2D eigenvalue weighted by molar-refractivity contribution is -0.139.